The van der Waals surface area contributed by atoms with Gasteiger partial charge in [0, 0.05) is 35.5 Å². The molecule has 1 atom stereocenters. The molecule has 0 saturated carbocycles. The second kappa shape index (κ2) is 9.79. The van der Waals surface area contributed by atoms with Crippen LogP contribution in [0.1, 0.15) is 41.1 Å². The van der Waals surface area contributed by atoms with Gasteiger partial charge >= 0.3 is 0 Å². The van der Waals surface area contributed by atoms with Crippen LogP contribution >= 0.6 is 0 Å². The summed E-state index contributed by atoms with van der Waals surface area (Å²) < 4.78 is 0. The summed E-state index contributed by atoms with van der Waals surface area (Å²) in [6.07, 6.45) is 1.55. The fourth-order valence-corrected chi connectivity index (χ4v) is 4.31. The topological polar surface area (TPSA) is 66.0 Å². The van der Waals surface area contributed by atoms with Gasteiger partial charge in [-0.15, -0.1) is 0 Å². The van der Waals surface area contributed by atoms with Crippen molar-refractivity contribution in [1.82, 2.24) is 0 Å². The van der Waals surface area contributed by atoms with E-state index < -0.39 is 0 Å². The molecule has 0 aromatic heterocycles. The van der Waals surface area contributed by atoms with Crippen molar-refractivity contribution in [3.05, 3.63) is 95.1 Å². The number of quaternary nitrogens is 1. The average Bonchev–Trinajstić information content (AvgIpc) is 3.20. The Kier molecular flexibility index (Phi) is 6.66. The fourth-order valence-electron chi connectivity index (χ4n) is 4.31. The zero-order valence-corrected chi connectivity index (χ0v) is 18.7. The number of nitrogens with zero attached hydrogens (tertiary/aromatic N) is 1. The highest BCUT2D eigenvalue weighted by atomic mass is 16.2. The maximum absolute atomic E-state index is 13.2. The van der Waals surface area contributed by atoms with Gasteiger partial charge in [-0.3, -0.25) is 9.59 Å². The summed E-state index contributed by atoms with van der Waals surface area (Å²) in [4.78, 5) is 27.1. The largest absolute Gasteiger partial charge is 0.328 e. The van der Waals surface area contributed by atoms with Crippen LogP contribution in [-0.4, -0.2) is 18.4 Å². The molecule has 0 aliphatic carbocycles. The van der Waals surface area contributed by atoms with E-state index in [0.717, 1.165) is 46.6 Å². The Morgan fingerprint density at radius 1 is 1.00 bits per heavy atom. The van der Waals surface area contributed by atoms with E-state index in [0.29, 0.717) is 13.0 Å². The number of carbonyl (C=O) groups is 2. The van der Waals surface area contributed by atoms with Crippen molar-refractivity contribution >= 4 is 23.2 Å². The molecule has 1 aliphatic rings. The Balaban J connectivity index is 1.47. The molecule has 0 unspecified atom stereocenters. The number of hydrogen-bond acceptors (Lipinski definition) is 2. The first-order chi connectivity index (χ1) is 15.5. The van der Waals surface area contributed by atoms with Crippen LogP contribution in [0.2, 0.25) is 0 Å². The van der Waals surface area contributed by atoms with Crippen molar-refractivity contribution in [3.63, 3.8) is 0 Å². The quantitative estimate of drug-likeness (QED) is 0.600. The molecule has 0 spiro atoms. The molecule has 0 radical (unpaired) electrons. The molecular formula is C27H30N3O2+. The third-order valence-electron chi connectivity index (χ3n) is 5.84. The number of anilines is 2. The first-order valence-electron chi connectivity index (χ1n) is 11.2. The standard InChI is InChI=1S/C27H29N3O2/c1-19-15-20(2)17-23(16-19)29-27(32)26(22-7-4-3-5-8-22)28-18-21-10-12-24(13-11-21)30-14-6-9-25(30)31/h3-5,7-8,10-13,15-17,26,28H,6,9,14,18H2,1-2H3,(H,29,32)/p+1/t26-/m1/s1. The van der Waals surface area contributed by atoms with Gasteiger partial charge in [0.1, 0.15) is 6.54 Å². The minimum absolute atomic E-state index is 0.0412. The molecule has 1 fully saturated rings. The smallest absolute Gasteiger partial charge is 0.287 e. The van der Waals surface area contributed by atoms with E-state index >= 15 is 0 Å². The van der Waals surface area contributed by atoms with Gasteiger partial charge in [0.05, 0.1) is 0 Å². The molecule has 1 aliphatic heterocycles. The second-order valence-corrected chi connectivity index (χ2v) is 8.51. The summed E-state index contributed by atoms with van der Waals surface area (Å²) in [6.45, 7) is 5.51. The Hall–Kier alpha value is -3.44. The van der Waals surface area contributed by atoms with Crippen LogP contribution < -0.4 is 15.5 Å². The number of aryl methyl sites for hydroxylation is 2. The van der Waals surface area contributed by atoms with E-state index in [2.05, 4.69) is 16.7 Å². The predicted octanol–water partition coefficient (Wildman–Crippen LogP) is 3.87. The summed E-state index contributed by atoms with van der Waals surface area (Å²) in [6, 6.07) is 23.7. The first kappa shape index (κ1) is 21.8. The summed E-state index contributed by atoms with van der Waals surface area (Å²) >= 11 is 0. The second-order valence-electron chi connectivity index (χ2n) is 8.51. The number of amides is 2. The van der Waals surface area contributed by atoms with Gasteiger partial charge in [0.15, 0.2) is 6.04 Å². The van der Waals surface area contributed by atoms with Gasteiger partial charge in [-0.2, -0.15) is 0 Å². The maximum atomic E-state index is 13.2. The molecule has 3 N–H and O–H groups in total. The lowest BCUT2D eigenvalue weighted by atomic mass is 10.0. The Bertz CT molecular complexity index is 1070. The lowest BCUT2D eigenvalue weighted by Crippen LogP contribution is -2.85. The van der Waals surface area contributed by atoms with Crippen LogP contribution in [0.3, 0.4) is 0 Å². The molecule has 4 rings (SSSR count). The third-order valence-corrected chi connectivity index (χ3v) is 5.84. The molecule has 1 saturated heterocycles. The summed E-state index contributed by atoms with van der Waals surface area (Å²) in [5.74, 6) is 0.150. The Morgan fingerprint density at radius 2 is 1.69 bits per heavy atom. The minimum atomic E-state index is -0.364. The summed E-state index contributed by atoms with van der Waals surface area (Å²) in [5, 5.41) is 5.15. The van der Waals surface area contributed by atoms with Gasteiger partial charge in [-0.1, -0.05) is 48.5 Å². The van der Waals surface area contributed by atoms with Crippen LogP contribution in [0.4, 0.5) is 11.4 Å². The molecule has 5 nitrogen and oxygen atoms in total. The monoisotopic (exact) mass is 428 g/mol. The van der Waals surface area contributed by atoms with E-state index in [1.807, 2.05) is 85.5 Å². The van der Waals surface area contributed by atoms with Gasteiger partial charge < -0.3 is 15.5 Å². The number of hydrogen-bond donors (Lipinski definition) is 2. The predicted molar refractivity (Wildman–Crippen MR) is 127 cm³/mol. The van der Waals surface area contributed by atoms with Gasteiger partial charge in [0.25, 0.3) is 5.91 Å². The van der Waals surface area contributed by atoms with Crippen LogP contribution in [0, 0.1) is 13.8 Å². The number of rotatable bonds is 7. The van der Waals surface area contributed by atoms with Crippen molar-refractivity contribution < 1.29 is 14.9 Å². The minimum Gasteiger partial charge on any atom is -0.328 e. The van der Waals surface area contributed by atoms with Crippen molar-refractivity contribution in [3.8, 4) is 0 Å². The highest BCUT2D eigenvalue weighted by Gasteiger charge is 2.25. The summed E-state index contributed by atoms with van der Waals surface area (Å²) in [7, 11) is 0. The highest BCUT2D eigenvalue weighted by Crippen LogP contribution is 2.22. The highest BCUT2D eigenvalue weighted by molar-refractivity contribution is 5.95. The molecule has 0 bridgehead atoms. The number of carbonyl (C=O) groups excluding carboxylic acids is 2. The molecule has 5 heteroatoms. The van der Waals surface area contributed by atoms with Crippen molar-refractivity contribution in [1.29, 1.82) is 0 Å². The third kappa shape index (κ3) is 5.24. The zero-order valence-electron chi connectivity index (χ0n) is 18.7. The lowest BCUT2D eigenvalue weighted by Gasteiger charge is -2.18. The SMILES string of the molecule is Cc1cc(C)cc(NC(=O)[C@H]([NH2+]Cc2ccc(N3CCCC3=O)cc2)c2ccccc2)c1. The molecule has 2 amide bonds. The van der Waals surface area contributed by atoms with Crippen molar-refractivity contribution in [2.24, 2.45) is 0 Å². The molecule has 3 aromatic carbocycles. The van der Waals surface area contributed by atoms with E-state index in [1.54, 1.807) is 0 Å². The van der Waals surface area contributed by atoms with Crippen molar-refractivity contribution in [2.75, 3.05) is 16.8 Å². The van der Waals surface area contributed by atoms with E-state index in [-0.39, 0.29) is 17.9 Å². The zero-order chi connectivity index (χ0) is 22.5. The van der Waals surface area contributed by atoms with Crippen LogP contribution in [0.5, 0.6) is 0 Å². The molecule has 32 heavy (non-hydrogen) atoms. The fraction of sp³-hybridized carbons (Fsp3) is 0.259. The number of benzene rings is 3. The van der Waals surface area contributed by atoms with Gasteiger partial charge in [0.2, 0.25) is 5.91 Å². The van der Waals surface area contributed by atoms with E-state index in [9.17, 15) is 9.59 Å². The number of nitrogens with two attached hydrogens (primary N) is 1. The lowest BCUT2D eigenvalue weighted by molar-refractivity contribution is -0.697. The van der Waals surface area contributed by atoms with Crippen molar-refractivity contribution in [2.45, 2.75) is 39.3 Å². The maximum Gasteiger partial charge on any atom is 0.287 e. The first-order valence-corrected chi connectivity index (χ1v) is 11.2. The van der Waals surface area contributed by atoms with Crippen LogP contribution in [-0.2, 0) is 16.1 Å². The average molecular weight is 429 g/mol. The van der Waals surface area contributed by atoms with Gasteiger partial charge in [-0.25, -0.2) is 0 Å². The molecular weight excluding hydrogens is 398 g/mol. The Morgan fingerprint density at radius 3 is 2.31 bits per heavy atom. The molecule has 1 heterocycles. The van der Waals surface area contributed by atoms with E-state index in [4.69, 9.17) is 0 Å². The Labute approximate surface area is 189 Å². The molecule has 3 aromatic rings. The van der Waals surface area contributed by atoms with Gasteiger partial charge in [-0.05, 0) is 55.7 Å². The normalized spacial score (nSPS) is 14.4. The van der Waals surface area contributed by atoms with Crippen LogP contribution in [0.25, 0.3) is 0 Å². The van der Waals surface area contributed by atoms with E-state index in [1.165, 1.54) is 0 Å². The number of nitrogens with one attached hydrogen (secondary N) is 1. The summed E-state index contributed by atoms with van der Waals surface area (Å²) in [5.41, 5.74) is 6.09. The van der Waals surface area contributed by atoms with Crippen LogP contribution in [0.15, 0.2) is 72.8 Å². The molecule has 164 valence electrons.